The predicted molar refractivity (Wildman–Crippen MR) is 81.0 cm³/mol. The maximum Gasteiger partial charge on any atom is 0.255 e. The molecule has 0 bridgehead atoms. The summed E-state index contributed by atoms with van der Waals surface area (Å²) in [7, 11) is 0. The highest BCUT2D eigenvalue weighted by Gasteiger charge is 2.07. The van der Waals surface area contributed by atoms with Crippen molar-refractivity contribution < 1.29 is 4.79 Å². The second-order valence-corrected chi connectivity index (χ2v) is 5.69. The van der Waals surface area contributed by atoms with E-state index in [1.165, 1.54) is 0 Å². The molecule has 0 aliphatic rings. The van der Waals surface area contributed by atoms with Gasteiger partial charge in [-0.3, -0.25) is 4.79 Å². The van der Waals surface area contributed by atoms with Gasteiger partial charge in [-0.05, 0) is 48.9 Å². The molecule has 2 aromatic carbocycles. The van der Waals surface area contributed by atoms with Crippen molar-refractivity contribution in [3.63, 3.8) is 0 Å². The number of hydrogen-bond donors (Lipinski definition) is 1. The monoisotopic (exact) mass is 367 g/mol. The fraction of sp³-hybridized carbons (Fsp3) is 0.0714. The zero-order chi connectivity index (χ0) is 13.1. The standard InChI is InChI=1S/C14H11Br2NO/c1-9-2-3-10(8-13(9)16)14(18)17-12-6-4-11(15)5-7-12/h2-8H,1H3,(H,17,18). The third-order valence-electron chi connectivity index (χ3n) is 2.54. The van der Waals surface area contributed by atoms with Crippen LogP contribution in [-0.2, 0) is 0 Å². The molecule has 0 aliphatic carbocycles. The van der Waals surface area contributed by atoms with E-state index in [-0.39, 0.29) is 5.91 Å². The molecule has 0 aliphatic heterocycles. The van der Waals surface area contributed by atoms with Crippen molar-refractivity contribution in [3.05, 3.63) is 62.5 Å². The van der Waals surface area contributed by atoms with E-state index < -0.39 is 0 Å². The number of halogens is 2. The Morgan fingerprint density at radius 1 is 1.06 bits per heavy atom. The van der Waals surface area contributed by atoms with Crippen LogP contribution in [0.25, 0.3) is 0 Å². The van der Waals surface area contributed by atoms with Crippen molar-refractivity contribution in [1.82, 2.24) is 0 Å². The summed E-state index contributed by atoms with van der Waals surface area (Å²) in [6, 6.07) is 13.0. The van der Waals surface area contributed by atoms with Crippen LogP contribution >= 0.6 is 31.9 Å². The lowest BCUT2D eigenvalue weighted by molar-refractivity contribution is 0.102. The fourth-order valence-electron chi connectivity index (χ4n) is 1.47. The van der Waals surface area contributed by atoms with Gasteiger partial charge in [0.25, 0.3) is 5.91 Å². The molecule has 0 heterocycles. The van der Waals surface area contributed by atoms with Crippen LogP contribution in [-0.4, -0.2) is 5.91 Å². The van der Waals surface area contributed by atoms with Gasteiger partial charge < -0.3 is 5.32 Å². The highest BCUT2D eigenvalue weighted by atomic mass is 79.9. The minimum atomic E-state index is -0.113. The molecule has 0 atom stereocenters. The first-order valence-corrected chi connectivity index (χ1v) is 6.98. The van der Waals surface area contributed by atoms with Gasteiger partial charge in [-0.25, -0.2) is 0 Å². The Morgan fingerprint density at radius 2 is 1.72 bits per heavy atom. The van der Waals surface area contributed by atoms with Crippen LogP contribution in [0.2, 0.25) is 0 Å². The zero-order valence-corrected chi connectivity index (χ0v) is 12.9. The second-order valence-electron chi connectivity index (χ2n) is 3.92. The lowest BCUT2D eigenvalue weighted by Crippen LogP contribution is -2.11. The smallest absolute Gasteiger partial charge is 0.255 e. The molecule has 0 radical (unpaired) electrons. The van der Waals surface area contributed by atoms with Crippen LogP contribution < -0.4 is 5.32 Å². The summed E-state index contributed by atoms with van der Waals surface area (Å²) in [6.45, 7) is 1.99. The highest BCUT2D eigenvalue weighted by molar-refractivity contribution is 9.10. The number of amides is 1. The van der Waals surface area contributed by atoms with Crippen molar-refractivity contribution in [2.24, 2.45) is 0 Å². The van der Waals surface area contributed by atoms with Gasteiger partial charge in [0.2, 0.25) is 0 Å². The number of carbonyl (C=O) groups excluding carboxylic acids is 1. The summed E-state index contributed by atoms with van der Waals surface area (Å²) in [5.74, 6) is -0.113. The molecule has 0 aromatic heterocycles. The molecule has 0 saturated carbocycles. The van der Waals surface area contributed by atoms with Crippen molar-refractivity contribution in [1.29, 1.82) is 0 Å². The summed E-state index contributed by atoms with van der Waals surface area (Å²) in [4.78, 5) is 12.0. The number of hydrogen-bond acceptors (Lipinski definition) is 1. The molecule has 92 valence electrons. The van der Waals surface area contributed by atoms with Crippen molar-refractivity contribution in [2.75, 3.05) is 5.32 Å². The van der Waals surface area contributed by atoms with Crippen LogP contribution in [0.1, 0.15) is 15.9 Å². The van der Waals surface area contributed by atoms with Crippen molar-refractivity contribution in [2.45, 2.75) is 6.92 Å². The third kappa shape index (κ3) is 3.21. The molecule has 1 amide bonds. The molecular formula is C14H11Br2NO. The molecule has 1 N–H and O–H groups in total. The van der Waals surface area contributed by atoms with E-state index in [1.807, 2.05) is 49.4 Å². The fourth-order valence-corrected chi connectivity index (χ4v) is 2.11. The Labute approximate surface area is 123 Å². The van der Waals surface area contributed by atoms with Gasteiger partial charge >= 0.3 is 0 Å². The molecule has 0 fully saturated rings. The number of carbonyl (C=O) groups is 1. The Hall–Kier alpha value is -1.13. The lowest BCUT2D eigenvalue weighted by atomic mass is 10.1. The first kappa shape index (κ1) is 13.3. The molecule has 0 saturated heterocycles. The Balaban J connectivity index is 2.16. The van der Waals surface area contributed by atoms with Crippen LogP contribution in [0.15, 0.2) is 51.4 Å². The number of anilines is 1. The molecule has 2 aromatic rings. The van der Waals surface area contributed by atoms with Gasteiger partial charge in [-0.15, -0.1) is 0 Å². The van der Waals surface area contributed by atoms with E-state index >= 15 is 0 Å². The van der Waals surface area contributed by atoms with Gasteiger partial charge in [0, 0.05) is 20.2 Å². The Bertz CT molecular complexity index is 579. The largest absolute Gasteiger partial charge is 0.322 e. The topological polar surface area (TPSA) is 29.1 Å². The molecule has 0 unspecified atom stereocenters. The molecule has 0 spiro atoms. The van der Waals surface area contributed by atoms with Crippen molar-refractivity contribution >= 4 is 43.5 Å². The molecule has 2 rings (SSSR count). The average molecular weight is 369 g/mol. The summed E-state index contributed by atoms with van der Waals surface area (Å²) in [5.41, 5.74) is 2.52. The Morgan fingerprint density at radius 3 is 2.33 bits per heavy atom. The minimum absolute atomic E-state index is 0.113. The van der Waals surface area contributed by atoms with Gasteiger partial charge in [0.05, 0.1) is 0 Å². The van der Waals surface area contributed by atoms with E-state index in [2.05, 4.69) is 37.2 Å². The normalized spacial score (nSPS) is 10.2. The average Bonchev–Trinajstić information content (AvgIpc) is 2.35. The van der Waals surface area contributed by atoms with Gasteiger partial charge in [-0.2, -0.15) is 0 Å². The van der Waals surface area contributed by atoms with E-state index in [0.29, 0.717) is 5.56 Å². The van der Waals surface area contributed by atoms with E-state index in [1.54, 1.807) is 0 Å². The minimum Gasteiger partial charge on any atom is -0.322 e. The number of nitrogens with one attached hydrogen (secondary N) is 1. The molecule has 18 heavy (non-hydrogen) atoms. The number of aryl methyl sites for hydroxylation is 1. The van der Waals surface area contributed by atoms with Crippen LogP contribution in [0.3, 0.4) is 0 Å². The summed E-state index contributed by atoms with van der Waals surface area (Å²) in [5, 5.41) is 2.85. The summed E-state index contributed by atoms with van der Waals surface area (Å²) < 4.78 is 1.92. The maximum atomic E-state index is 12.0. The summed E-state index contributed by atoms with van der Waals surface area (Å²) in [6.07, 6.45) is 0. The van der Waals surface area contributed by atoms with Crippen LogP contribution in [0.4, 0.5) is 5.69 Å². The molecule has 4 heteroatoms. The third-order valence-corrected chi connectivity index (χ3v) is 3.92. The lowest BCUT2D eigenvalue weighted by Gasteiger charge is -2.06. The predicted octanol–water partition coefficient (Wildman–Crippen LogP) is 4.77. The zero-order valence-electron chi connectivity index (χ0n) is 9.71. The quantitative estimate of drug-likeness (QED) is 0.812. The Kier molecular flexibility index (Phi) is 4.19. The van der Waals surface area contributed by atoms with E-state index in [0.717, 1.165) is 20.2 Å². The van der Waals surface area contributed by atoms with Crippen molar-refractivity contribution in [3.8, 4) is 0 Å². The van der Waals surface area contributed by atoms with Crippen LogP contribution in [0.5, 0.6) is 0 Å². The SMILES string of the molecule is Cc1ccc(C(=O)Nc2ccc(Br)cc2)cc1Br. The van der Waals surface area contributed by atoms with E-state index in [4.69, 9.17) is 0 Å². The van der Waals surface area contributed by atoms with Gasteiger partial charge in [0.1, 0.15) is 0 Å². The molecule has 2 nitrogen and oxygen atoms in total. The van der Waals surface area contributed by atoms with Gasteiger partial charge in [-0.1, -0.05) is 37.9 Å². The molecular weight excluding hydrogens is 358 g/mol. The highest BCUT2D eigenvalue weighted by Crippen LogP contribution is 2.19. The van der Waals surface area contributed by atoms with Gasteiger partial charge in [0.15, 0.2) is 0 Å². The maximum absolute atomic E-state index is 12.0. The van der Waals surface area contributed by atoms with Crippen LogP contribution in [0, 0.1) is 6.92 Å². The first-order chi connectivity index (χ1) is 8.56. The van der Waals surface area contributed by atoms with E-state index in [9.17, 15) is 4.79 Å². The summed E-state index contributed by atoms with van der Waals surface area (Å²) >= 11 is 6.78. The first-order valence-electron chi connectivity index (χ1n) is 5.39. The number of benzene rings is 2. The second kappa shape index (κ2) is 5.67. The number of rotatable bonds is 2.